The van der Waals surface area contributed by atoms with Crippen LogP contribution in [-0.2, 0) is 11.2 Å². The molecule has 4 nitrogen and oxygen atoms in total. The van der Waals surface area contributed by atoms with Crippen LogP contribution in [0.25, 0.3) is 0 Å². The van der Waals surface area contributed by atoms with Gasteiger partial charge in [0.25, 0.3) is 0 Å². The molecule has 0 N–H and O–H groups in total. The zero-order valence-electron chi connectivity index (χ0n) is 16.1. The van der Waals surface area contributed by atoms with Crippen molar-refractivity contribution in [2.75, 3.05) is 13.7 Å². The Kier molecular flexibility index (Phi) is 5.42. The Bertz CT molecular complexity index is 798. The minimum Gasteiger partial charge on any atom is -0.497 e. The molecule has 4 heteroatoms. The number of carbonyl (C=O) groups is 1. The van der Waals surface area contributed by atoms with Gasteiger partial charge in [-0.3, -0.25) is 9.78 Å². The molecule has 1 atom stereocenters. The van der Waals surface area contributed by atoms with Crippen molar-refractivity contribution in [3.8, 4) is 5.75 Å². The van der Waals surface area contributed by atoms with Crippen molar-refractivity contribution < 1.29 is 9.53 Å². The number of hydrogen-bond donors (Lipinski definition) is 0. The molecule has 2 aromatic rings. The van der Waals surface area contributed by atoms with Gasteiger partial charge in [-0.1, -0.05) is 31.0 Å². The fraction of sp³-hybridized carbons (Fsp3) is 0.478. The van der Waals surface area contributed by atoms with Gasteiger partial charge in [0.15, 0.2) is 0 Å². The molecule has 2 heterocycles. The summed E-state index contributed by atoms with van der Waals surface area (Å²) in [6, 6.07) is 14.5. The third-order valence-electron chi connectivity index (χ3n) is 5.93. The molecular formula is C23H28N2O2. The van der Waals surface area contributed by atoms with E-state index in [1.165, 1.54) is 18.4 Å². The first-order valence-corrected chi connectivity index (χ1v) is 10.1. The summed E-state index contributed by atoms with van der Waals surface area (Å²) in [7, 11) is 1.69. The Balaban J connectivity index is 1.51. The number of pyridine rings is 1. The van der Waals surface area contributed by atoms with Crippen molar-refractivity contribution in [1.29, 1.82) is 0 Å². The predicted molar refractivity (Wildman–Crippen MR) is 106 cm³/mol. The molecule has 0 unspecified atom stereocenters. The number of benzene rings is 1. The highest BCUT2D eigenvalue weighted by Gasteiger charge is 2.35. The zero-order chi connectivity index (χ0) is 18.6. The zero-order valence-corrected chi connectivity index (χ0v) is 16.1. The van der Waals surface area contributed by atoms with Crippen molar-refractivity contribution in [3.63, 3.8) is 0 Å². The fourth-order valence-electron chi connectivity index (χ4n) is 4.52. The predicted octanol–water partition coefficient (Wildman–Crippen LogP) is 4.53. The molecule has 1 saturated heterocycles. The average Bonchev–Trinajstić information content (AvgIpc) is 3.40. The first-order valence-electron chi connectivity index (χ1n) is 10.1. The van der Waals surface area contributed by atoms with Crippen LogP contribution < -0.4 is 4.74 Å². The Labute approximate surface area is 161 Å². The van der Waals surface area contributed by atoms with Gasteiger partial charge in [0.1, 0.15) is 5.75 Å². The number of amides is 1. The molecule has 2 fully saturated rings. The lowest BCUT2D eigenvalue weighted by atomic mass is 10.0. The van der Waals surface area contributed by atoms with Gasteiger partial charge in [-0.15, -0.1) is 0 Å². The highest BCUT2D eigenvalue weighted by Crippen LogP contribution is 2.35. The Morgan fingerprint density at radius 3 is 2.74 bits per heavy atom. The van der Waals surface area contributed by atoms with E-state index in [-0.39, 0.29) is 12.0 Å². The summed E-state index contributed by atoms with van der Waals surface area (Å²) in [5.41, 5.74) is 3.27. The number of rotatable bonds is 5. The van der Waals surface area contributed by atoms with Crippen molar-refractivity contribution in [3.05, 3.63) is 59.4 Å². The third-order valence-corrected chi connectivity index (χ3v) is 5.93. The molecule has 1 amide bonds. The van der Waals surface area contributed by atoms with E-state index in [1.807, 2.05) is 12.1 Å². The van der Waals surface area contributed by atoms with Gasteiger partial charge in [-0.05, 0) is 55.5 Å². The summed E-state index contributed by atoms with van der Waals surface area (Å²) in [6.45, 7) is 0.877. The molecule has 1 aromatic heterocycles. The van der Waals surface area contributed by atoms with Crippen LogP contribution in [0.5, 0.6) is 5.75 Å². The molecule has 2 aliphatic rings. The average molecular weight is 364 g/mol. The smallest absolute Gasteiger partial charge is 0.226 e. The number of aromatic nitrogens is 1. The normalized spacial score (nSPS) is 20.2. The first kappa shape index (κ1) is 18.0. The van der Waals surface area contributed by atoms with Crippen LogP contribution >= 0.6 is 0 Å². The summed E-state index contributed by atoms with van der Waals surface area (Å²) in [5.74, 6) is 1.47. The van der Waals surface area contributed by atoms with E-state index in [1.54, 1.807) is 7.11 Å². The van der Waals surface area contributed by atoms with E-state index >= 15 is 0 Å². The minimum atomic E-state index is 0.142. The van der Waals surface area contributed by atoms with E-state index in [0.717, 1.165) is 55.8 Å². The molecule has 4 rings (SSSR count). The molecule has 142 valence electrons. The quantitative estimate of drug-likeness (QED) is 0.782. The van der Waals surface area contributed by atoms with Crippen molar-refractivity contribution in [1.82, 2.24) is 9.88 Å². The van der Waals surface area contributed by atoms with Crippen LogP contribution in [0.2, 0.25) is 0 Å². The Morgan fingerprint density at radius 1 is 1.11 bits per heavy atom. The van der Waals surface area contributed by atoms with Crippen LogP contribution in [0.15, 0.2) is 42.5 Å². The van der Waals surface area contributed by atoms with Crippen molar-refractivity contribution in [2.24, 2.45) is 5.92 Å². The number of hydrogen-bond acceptors (Lipinski definition) is 3. The lowest BCUT2D eigenvalue weighted by Crippen LogP contribution is -2.35. The van der Waals surface area contributed by atoms with Crippen molar-refractivity contribution >= 4 is 5.91 Å². The van der Waals surface area contributed by atoms with Gasteiger partial charge in [0.2, 0.25) is 5.91 Å². The lowest BCUT2D eigenvalue weighted by molar-refractivity contribution is -0.136. The minimum absolute atomic E-state index is 0.142. The molecule has 1 aromatic carbocycles. The van der Waals surface area contributed by atoms with Gasteiger partial charge >= 0.3 is 0 Å². The first-order chi connectivity index (χ1) is 13.2. The maximum Gasteiger partial charge on any atom is 0.226 e. The number of methoxy groups -OCH3 is 1. The van der Waals surface area contributed by atoms with Crippen LogP contribution in [0.3, 0.4) is 0 Å². The van der Waals surface area contributed by atoms with Crippen LogP contribution in [0.4, 0.5) is 0 Å². The van der Waals surface area contributed by atoms with E-state index in [2.05, 4.69) is 35.2 Å². The molecular weight excluding hydrogens is 336 g/mol. The molecule has 0 radical (unpaired) electrons. The molecule has 0 spiro atoms. The fourth-order valence-corrected chi connectivity index (χ4v) is 4.52. The van der Waals surface area contributed by atoms with Crippen LogP contribution in [-0.4, -0.2) is 29.4 Å². The topological polar surface area (TPSA) is 42.4 Å². The number of carbonyl (C=O) groups excluding carboxylic acids is 1. The standard InChI is InChI=1S/C23H28N2O2/c1-27-20-11-4-7-17(16-20)15-19-10-5-12-21(24-19)22-13-6-14-25(22)23(26)18-8-2-3-9-18/h4-5,7,10-12,16,18,22H,2-3,6,8-9,13-15H2,1H3/t22-/m0/s1. The summed E-state index contributed by atoms with van der Waals surface area (Å²) in [6.07, 6.45) is 7.39. The summed E-state index contributed by atoms with van der Waals surface area (Å²) in [4.78, 5) is 20.0. The van der Waals surface area contributed by atoms with E-state index in [0.29, 0.717) is 5.91 Å². The second-order valence-electron chi connectivity index (χ2n) is 7.75. The molecule has 1 aliphatic carbocycles. The Morgan fingerprint density at radius 2 is 1.93 bits per heavy atom. The summed E-state index contributed by atoms with van der Waals surface area (Å²) >= 11 is 0. The molecule has 27 heavy (non-hydrogen) atoms. The summed E-state index contributed by atoms with van der Waals surface area (Å²) in [5, 5.41) is 0. The highest BCUT2D eigenvalue weighted by atomic mass is 16.5. The molecule has 1 aliphatic heterocycles. The third kappa shape index (κ3) is 4.00. The van der Waals surface area contributed by atoms with Crippen LogP contribution in [0, 0.1) is 5.92 Å². The SMILES string of the molecule is COc1cccc(Cc2cccc([C@@H]3CCCN3C(=O)C3CCCC3)n2)c1. The second-order valence-corrected chi connectivity index (χ2v) is 7.75. The second kappa shape index (κ2) is 8.12. The van der Waals surface area contributed by atoms with Gasteiger partial charge in [0, 0.05) is 24.6 Å². The van der Waals surface area contributed by atoms with Gasteiger partial charge < -0.3 is 9.64 Å². The maximum absolute atomic E-state index is 13.0. The number of ether oxygens (including phenoxy) is 1. The molecule has 1 saturated carbocycles. The van der Waals surface area contributed by atoms with Crippen molar-refractivity contribution in [2.45, 2.75) is 51.0 Å². The van der Waals surface area contributed by atoms with Gasteiger partial charge in [-0.2, -0.15) is 0 Å². The van der Waals surface area contributed by atoms with Gasteiger partial charge in [-0.25, -0.2) is 0 Å². The summed E-state index contributed by atoms with van der Waals surface area (Å²) < 4.78 is 5.32. The monoisotopic (exact) mass is 364 g/mol. The number of nitrogens with zero attached hydrogens (tertiary/aromatic N) is 2. The Hall–Kier alpha value is -2.36. The number of likely N-dealkylation sites (tertiary alicyclic amines) is 1. The van der Waals surface area contributed by atoms with E-state index in [4.69, 9.17) is 9.72 Å². The van der Waals surface area contributed by atoms with E-state index < -0.39 is 0 Å². The molecule has 0 bridgehead atoms. The van der Waals surface area contributed by atoms with E-state index in [9.17, 15) is 4.79 Å². The van der Waals surface area contributed by atoms with Crippen LogP contribution in [0.1, 0.15) is 61.5 Å². The van der Waals surface area contributed by atoms with Gasteiger partial charge in [0.05, 0.1) is 18.8 Å². The highest BCUT2D eigenvalue weighted by molar-refractivity contribution is 5.79. The maximum atomic E-state index is 13.0. The lowest BCUT2D eigenvalue weighted by Gasteiger charge is -2.27. The largest absolute Gasteiger partial charge is 0.497 e.